The second kappa shape index (κ2) is 6.42. The van der Waals surface area contributed by atoms with E-state index in [0.717, 1.165) is 13.0 Å². The Balaban J connectivity index is 1.58. The summed E-state index contributed by atoms with van der Waals surface area (Å²) >= 11 is 0. The van der Waals surface area contributed by atoms with E-state index in [9.17, 15) is 9.59 Å². The topological polar surface area (TPSA) is 81.0 Å². The van der Waals surface area contributed by atoms with Crippen LogP contribution in [-0.4, -0.2) is 40.6 Å². The van der Waals surface area contributed by atoms with Gasteiger partial charge in [-0.15, -0.1) is 0 Å². The van der Waals surface area contributed by atoms with Crippen LogP contribution in [0.5, 0.6) is 0 Å². The van der Waals surface area contributed by atoms with Crippen molar-refractivity contribution in [1.82, 2.24) is 20.4 Å². The monoisotopic (exact) mass is 314 g/mol. The van der Waals surface area contributed by atoms with Crippen LogP contribution in [0.1, 0.15) is 22.4 Å². The lowest BCUT2D eigenvalue weighted by molar-refractivity contribution is -0.120. The van der Waals surface area contributed by atoms with Gasteiger partial charge in [-0.05, 0) is 31.5 Å². The SMILES string of the molecule is Cc1[nH][nH]c(=O)c1CC(=O)NCC1Cc2ccccc2CN1C. The lowest BCUT2D eigenvalue weighted by atomic mass is 9.94. The Morgan fingerprint density at radius 3 is 2.74 bits per heavy atom. The molecule has 0 fully saturated rings. The van der Waals surface area contributed by atoms with Crippen LogP contribution in [-0.2, 0) is 24.2 Å². The van der Waals surface area contributed by atoms with E-state index in [1.165, 1.54) is 11.1 Å². The van der Waals surface area contributed by atoms with Crippen molar-refractivity contribution in [2.75, 3.05) is 13.6 Å². The lowest BCUT2D eigenvalue weighted by Crippen LogP contribution is -2.45. The number of amides is 1. The quantitative estimate of drug-likeness (QED) is 0.778. The number of rotatable bonds is 4. The first-order valence-corrected chi connectivity index (χ1v) is 7.84. The molecular formula is C17H22N4O2. The number of benzene rings is 1. The Kier molecular flexibility index (Phi) is 4.34. The summed E-state index contributed by atoms with van der Waals surface area (Å²) in [7, 11) is 2.08. The number of H-pyrrole nitrogens is 2. The molecule has 0 saturated heterocycles. The minimum absolute atomic E-state index is 0.109. The number of nitrogens with zero attached hydrogens (tertiary/aromatic N) is 1. The van der Waals surface area contributed by atoms with Crippen LogP contribution in [0.25, 0.3) is 0 Å². The second-order valence-electron chi connectivity index (χ2n) is 6.21. The first kappa shape index (κ1) is 15.6. The van der Waals surface area contributed by atoms with E-state index < -0.39 is 0 Å². The standard InChI is InChI=1S/C17H22N4O2/c1-11-15(17(23)20-19-11)8-16(22)18-9-14-7-12-5-3-4-6-13(12)10-21(14)2/h3-6,14H,7-10H2,1-2H3,(H,18,22)(H2,19,20,23). The van der Waals surface area contributed by atoms with E-state index >= 15 is 0 Å². The molecule has 0 bridgehead atoms. The van der Waals surface area contributed by atoms with Crippen LogP contribution in [0.3, 0.4) is 0 Å². The fourth-order valence-corrected chi connectivity index (χ4v) is 3.09. The van der Waals surface area contributed by atoms with Crippen LogP contribution in [0.4, 0.5) is 0 Å². The summed E-state index contributed by atoms with van der Waals surface area (Å²) in [4.78, 5) is 26.0. The molecule has 122 valence electrons. The number of fused-ring (bicyclic) bond motifs is 1. The summed E-state index contributed by atoms with van der Waals surface area (Å²) < 4.78 is 0. The van der Waals surface area contributed by atoms with Crippen LogP contribution < -0.4 is 10.9 Å². The molecule has 0 radical (unpaired) electrons. The molecule has 1 aromatic carbocycles. The average Bonchev–Trinajstić information content (AvgIpc) is 2.85. The predicted octanol–water partition coefficient (Wildman–Crippen LogP) is 0.727. The summed E-state index contributed by atoms with van der Waals surface area (Å²) in [5.74, 6) is -0.120. The van der Waals surface area contributed by atoms with Gasteiger partial charge in [-0.1, -0.05) is 24.3 Å². The van der Waals surface area contributed by atoms with Crippen molar-refractivity contribution in [2.24, 2.45) is 0 Å². The fourth-order valence-electron chi connectivity index (χ4n) is 3.09. The number of aryl methyl sites for hydroxylation is 1. The minimum atomic E-state index is -0.221. The summed E-state index contributed by atoms with van der Waals surface area (Å²) in [6.45, 7) is 3.27. The molecule has 2 heterocycles. The predicted molar refractivity (Wildman–Crippen MR) is 88.3 cm³/mol. The lowest BCUT2D eigenvalue weighted by Gasteiger charge is -2.34. The van der Waals surface area contributed by atoms with Crippen LogP contribution >= 0.6 is 0 Å². The maximum atomic E-state index is 12.1. The van der Waals surface area contributed by atoms with Crippen molar-refractivity contribution in [3.63, 3.8) is 0 Å². The Morgan fingerprint density at radius 1 is 1.30 bits per heavy atom. The molecule has 1 aromatic heterocycles. The molecule has 1 atom stereocenters. The number of carbonyl (C=O) groups excluding carboxylic acids is 1. The van der Waals surface area contributed by atoms with Gasteiger partial charge < -0.3 is 10.4 Å². The highest BCUT2D eigenvalue weighted by Crippen LogP contribution is 2.21. The molecule has 0 saturated carbocycles. The molecule has 3 rings (SSSR count). The van der Waals surface area contributed by atoms with Crippen molar-refractivity contribution < 1.29 is 4.79 Å². The summed E-state index contributed by atoms with van der Waals surface area (Å²) in [6, 6.07) is 8.70. The number of hydrogen-bond donors (Lipinski definition) is 3. The summed E-state index contributed by atoms with van der Waals surface area (Å²) in [5.41, 5.74) is 3.70. The molecular weight excluding hydrogens is 292 g/mol. The molecule has 1 aliphatic heterocycles. The number of aromatic nitrogens is 2. The first-order valence-electron chi connectivity index (χ1n) is 7.84. The third kappa shape index (κ3) is 3.37. The van der Waals surface area contributed by atoms with Crippen molar-refractivity contribution in [3.8, 4) is 0 Å². The molecule has 1 amide bonds. The van der Waals surface area contributed by atoms with Crippen molar-refractivity contribution in [2.45, 2.75) is 32.4 Å². The van der Waals surface area contributed by atoms with Gasteiger partial charge >= 0.3 is 0 Å². The Labute approximate surface area is 134 Å². The molecule has 23 heavy (non-hydrogen) atoms. The van der Waals surface area contributed by atoms with Crippen LogP contribution in [0.15, 0.2) is 29.1 Å². The van der Waals surface area contributed by atoms with Gasteiger partial charge in [0.1, 0.15) is 0 Å². The van der Waals surface area contributed by atoms with Gasteiger partial charge in [-0.2, -0.15) is 0 Å². The van der Waals surface area contributed by atoms with E-state index in [0.29, 0.717) is 17.8 Å². The molecule has 6 nitrogen and oxygen atoms in total. The van der Waals surface area contributed by atoms with Gasteiger partial charge in [0.2, 0.25) is 5.91 Å². The number of carbonyl (C=O) groups is 1. The number of nitrogens with one attached hydrogen (secondary N) is 3. The average molecular weight is 314 g/mol. The van der Waals surface area contributed by atoms with Gasteiger partial charge in [0.05, 0.1) is 6.42 Å². The molecule has 0 aliphatic carbocycles. The van der Waals surface area contributed by atoms with E-state index in [1.54, 1.807) is 6.92 Å². The second-order valence-corrected chi connectivity index (χ2v) is 6.21. The minimum Gasteiger partial charge on any atom is -0.354 e. The Morgan fingerprint density at radius 2 is 2.04 bits per heavy atom. The third-order valence-corrected chi connectivity index (χ3v) is 4.58. The number of hydrogen-bond acceptors (Lipinski definition) is 3. The third-order valence-electron chi connectivity index (χ3n) is 4.58. The first-order chi connectivity index (χ1) is 11.0. The van der Waals surface area contributed by atoms with E-state index in [2.05, 4.69) is 51.7 Å². The van der Waals surface area contributed by atoms with Gasteiger partial charge in [0, 0.05) is 30.4 Å². The zero-order chi connectivity index (χ0) is 16.4. The van der Waals surface area contributed by atoms with E-state index in [1.807, 2.05) is 0 Å². The van der Waals surface area contributed by atoms with Crippen molar-refractivity contribution in [1.29, 1.82) is 0 Å². The van der Waals surface area contributed by atoms with Gasteiger partial charge in [0.25, 0.3) is 5.56 Å². The maximum Gasteiger partial charge on any atom is 0.267 e. The van der Waals surface area contributed by atoms with E-state index in [4.69, 9.17) is 0 Å². The Bertz CT molecular complexity index is 762. The summed E-state index contributed by atoms with van der Waals surface area (Å²) in [6.07, 6.45) is 1.04. The number of likely N-dealkylation sites (N-methyl/N-ethyl adjacent to an activating group) is 1. The van der Waals surface area contributed by atoms with Gasteiger partial charge in [0.15, 0.2) is 0 Å². The van der Waals surface area contributed by atoms with Crippen LogP contribution in [0.2, 0.25) is 0 Å². The Hall–Kier alpha value is -2.34. The fraction of sp³-hybridized carbons (Fsp3) is 0.412. The highest BCUT2D eigenvalue weighted by Gasteiger charge is 2.23. The normalized spacial score (nSPS) is 17.7. The zero-order valence-corrected chi connectivity index (χ0v) is 13.5. The molecule has 3 N–H and O–H groups in total. The van der Waals surface area contributed by atoms with Crippen molar-refractivity contribution >= 4 is 5.91 Å². The number of aromatic amines is 2. The zero-order valence-electron chi connectivity index (χ0n) is 13.5. The highest BCUT2D eigenvalue weighted by atomic mass is 16.2. The largest absolute Gasteiger partial charge is 0.354 e. The van der Waals surface area contributed by atoms with E-state index in [-0.39, 0.29) is 23.9 Å². The maximum absolute atomic E-state index is 12.1. The summed E-state index contributed by atoms with van der Waals surface area (Å²) in [5, 5.41) is 8.20. The molecule has 0 spiro atoms. The molecule has 1 unspecified atom stereocenters. The van der Waals surface area contributed by atoms with Gasteiger partial charge in [-0.3, -0.25) is 19.6 Å². The molecule has 1 aliphatic rings. The van der Waals surface area contributed by atoms with Crippen molar-refractivity contribution in [3.05, 3.63) is 57.0 Å². The highest BCUT2D eigenvalue weighted by molar-refractivity contribution is 5.78. The van der Waals surface area contributed by atoms with Crippen LogP contribution in [0, 0.1) is 6.92 Å². The molecule has 2 aromatic rings. The molecule has 6 heteroatoms. The smallest absolute Gasteiger partial charge is 0.267 e. The van der Waals surface area contributed by atoms with Gasteiger partial charge in [-0.25, -0.2) is 0 Å².